The van der Waals surface area contributed by atoms with Crippen molar-refractivity contribution in [3.63, 3.8) is 0 Å². The Bertz CT molecular complexity index is 689. The van der Waals surface area contributed by atoms with Gasteiger partial charge in [-0.05, 0) is 45.7 Å². The summed E-state index contributed by atoms with van der Waals surface area (Å²) in [4.78, 5) is 21.1. The lowest BCUT2D eigenvalue weighted by atomic mass is 10.1. The van der Waals surface area contributed by atoms with Crippen molar-refractivity contribution in [3.8, 4) is 0 Å². The number of amides is 1. The number of likely N-dealkylation sites (tertiary alicyclic amines) is 1. The molecule has 1 aromatic heterocycles. The maximum atomic E-state index is 12.3. The van der Waals surface area contributed by atoms with Crippen molar-refractivity contribution >= 4 is 32.8 Å². The van der Waals surface area contributed by atoms with Gasteiger partial charge in [0.1, 0.15) is 5.60 Å². The minimum Gasteiger partial charge on any atom is -0.444 e. The van der Waals surface area contributed by atoms with Crippen molar-refractivity contribution < 1.29 is 9.53 Å². The van der Waals surface area contributed by atoms with Gasteiger partial charge in [0.15, 0.2) is 5.13 Å². The van der Waals surface area contributed by atoms with Crippen LogP contribution in [-0.4, -0.2) is 47.8 Å². The Morgan fingerprint density at radius 2 is 2.12 bits per heavy atom. The van der Waals surface area contributed by atoms with Crippen LogP contribution in [0.1, 0.15) is 33.6 Å². The molecule has 1 aromatic carbocycles. The Hall–Kier alpha value is -1.82. The molecule has 2 heterocycles. The Morgan fingerprint density at radius 1 is 1.38 bits per heavy atom. The number of likely N-dealkylation sites (N-methyl/N-ethyl adjacent to an activating group) is 1. The minimum absolute atomic E-state index is 0.218. The number of benzene rings is 1. The first-order valence-electron chi connectivity index (χ1n) is 8.40. The molecule has 0 unspecified atom stereocenters. The third-order valence-corrected chi connectivity index (χ3v) is 5.31. The smallest absolute Gasteiger partial charge is 0.410 e. The SMILES string of the molecule is CN(c1nc2ccccc2s1)[C@H]1CCCN(C(=O)OC(C)(C)C)C1. The fourth-order valence-electron chi connectivity index (χ4n) is 2.93. The molecule has 0 aliphatic carbocycles. The lowest BCUT2D eigenvalue weighted by Gasteiger charge is -2.38. The van der Waals surface area contributed by atoms with Crippen molar-refractivity contribution in [3.05, 3.63) is 24.3 Å². The standard InChI is InChI=1S/C18H25N3O2S/c1-18(2,3)23-17(22)21-11-7-8-13(12-21)20(4)16-19-14-9-5-6-10-15(14)24-16/h5-6,9-10,13H,7-8,11-12H2,1-4H3/t13-/m0/s1. The molecular weight excluding hydrogens is 322 g/mol. The van der Waals surface area contributed by atoms with Crippen LogP contribution in [0.15, 0.2) is 24.3 Å². The summed E-state index contributed by atoms with van der Waals surface area (Å²) in [6.07, 6.45) is 1.83. The molecule has 0 spiro atoms. The number of thiazole rings is 1. The predicted octanol–water partition coefficient (Wildman–Crippen LogP) is 4.13. The van der Waals surface area contributed by atoms with Crippen LogP contribution < -0.4 is 4.90 Å². The quantitative estimate of drug-likeness (QED) is 0.819. The van der Waals surface area contributed by atoms with E-state index >= 15 is 0 Å². The molecule has 0 radical (unpaired) electrons. The largest absolute Gasteiger partial charge is 0.444 e. The zero-order valence-corrected chi connectivity index (χ0v) is 15.6. The number of hydrogen-bond donors (Lipinski definition) is 0. The second-order valence-corrected chi connectivity index (χ2v) is 8.31. The summed E-state index contributed by atoms with van der Waals surface area (Å²) in [5, 5.41) is 1.01. The molecule has 0 N–H and O–H groups in total. The van der Waals surface area contributed by atoms with Gasteiger partial charge in [-0.2, -0.15) is 0 Å². The number of ether oxygens (including phenoxy) is 1. The van der Waals surface area contributed by atoms with Crippen molar-refractivity contribution in [1.82, 2.24) is 9.88 Å². The van der Waals surface area contributed by atoms with E-state index in [1.807, 2.05) is 43.9 Å². The number of para-hydroxylation sites is 1. The van der Waals surface area contributed by atoms with E-state index in [-0.39, 0.29) is 12.1 Å². The number of hydrogen-bond acceptors (Lipinski definition) is 5. The van der Waals surface area contributed by atoms with Crippen molar-refractivity contribution in [2.45, 2.75) is 45.3 Å². The van der Waals surface area contributed by atoms with Gasteiger partial charge in [-0.25, -0.2) is 9.78 Å². The third kappa shape index (κ3) is 3.80. The van der Waals surface area contributed by atoms with Crippen LogP contribution in [0.3, 0.4) is 0 Å². The number of aromatic nitrogens is 1. The van der Waals surface area contributed by atoms with Gasteiger partial charge in [0.05, 0.1) is 10.2 Å². The molecule has 1 fully saturated rings. The highest BCUT2D eigenvalue weighted by atomic mass is 32.1. The van der Waals surface area contributed by atoms with E-state index in [0.717, 1.165) is 30.0 Å². The first-order valence-corrected chi connectivity index (χ1v) is 9.21. The molecule has 130 valence electrons. The number of rotatable bonds is 2. The van der Waals surface area contributed by atoms with E-state index < -0.39 is 5.60 Å². The van der Waals surface area contributed by atoms with Crippen LogP contribution >= 0.6 is 11.3 Å². The Labute approximate surface area is 147 Å². The Kier molecular flexibility index (Phi) is 4.67. The molecule has 2 aromatic rings. The maximum absolute atomic E-state index is 12.3. The van der Waals surface area contributed by atoms with E-state index in [9.17, 15) is 4.79 Å². The van der Waals surface area contributed by atoms with Gasteiger partial charge in [0.25, 0.3) is 0 Å². The number of carbonyl (C=O) groups is 1. The molecule has 1 aliphatic heterocycles. The first kappa shape index (κ1) is 17.0. The monoisotopic (exact) mass is 347 g/mol. The van der Waals surface area contributed by atoms with Crippen LogP contribution in [0.5, 0.6) is 0 Å². The summed E-state index contributed by atoms with van der Waals surface area (Å²) < 4.78 is 6.71. The van der Waals surface area contributed by atoms with E-state index in [0.29, 0.717) is 6.54 Å². The normalized spacial score (nSPS) is 18.7. The average molecular weight is 347 g/mol. The van der Waals surface area contributed by atoms with E-state index in [4.69, 9.17) is 9.72 Å². The van der Waals surface area contributed by atoms with Crippen LogP contribution in [0.2, 0.25) is 0 Å². The predicted molar refractivity (Wildman–Crippen MR) is 98.9 cm³/mol. The second kappa shape index (κ2) is 6.59. The fraction of sp³-hybridized carbons (Fsp3) is 0.556. The second-order valence-electron chi connectivity index (χ2n) is 7.30. The summed E-state index contributed by atoms with van der Waals surface area (Å²) >= 11 is 1.70. The van der Waals surface area contributed by atoms with Gasteiger partial charge >= 0.3 is 6.09 Å². The number of piperidine rings is 1. The van der Waals surface area contributed by atoms with Gasteiger partial charge in [-0.15, -0.1) is 0 Å². The molecule has 1 saturated heterocycles. The maximum Gasteiger partial charge on any atom is 0.410 e. The van der Waals surface area contributed by atoms with Gasteiger partial charge < -0.3 is 14.5 Å². The first-order chi connectivity index (χ1) is 11.3. The summed E-state index contributed by atoms with van der Waals surface area (Å²) in [7, 11) is 2.07. The highest BCUT2D eigenvalue weighted by Gasteiger charge is 2.30. The Morgan fingerprint density at radius 3 is 2.83 bits per heavy atom. The zero-order chi connectivity index (χ0) is 17.3. The van der Waals surface area contributed by atoms with E-state index in [1.165, 1.54) is 4.70 Å². The van der Waals surface area contributed by atoms with Crippen LogP contribution in [0, 0.1) is 0 Å². The number of nitrogens with zero attached hydrogens (tertiary/aromatic N) is 3. The molecule has 0 saturated carbocycles. The average Bonchev–Trinajstić information content (AvgIpc) is 2.96. The van der Waals surface area contributed by atoms with Crippen molar-refractivity contribution in [2.24, 2.45) is 0 Å². The molecule has 1 aliphatic rings. The number of anilines is 1. The minimum atomic E-state index is -0.455. The molecule has 0 bridgehead atoms. The van der Waals surface area contributed by atoms with Gasteiger partial charge in [0.2, 0.25) is 0 Å². The van der Waals surface area contributed by atoms with E-state index in [1.54, 1.807) is 11.3 Å². The molecule has 1 amide bonds. The van der Waals surface area contributed by atoms with Gasteiger partial charge in [0, 0.05) is 26.2 Å². The molecule has 6 heteroatoms. The summed E-state index contributed by atoms with van der Waals surface area (Å²) in [5.74, 6) is 0. The zero-order valence-electron chi connectivity index (χ0n) is 14.8. The lowest BCUT2D eigenvalue weighted by Crippen LogP contribution is -2.50. The Balaban J connectivity index is 1.70. The topological polar surface area (TPSA) is 45.7 Å². The molecule has 24 heavy (non-hydrogen) atoms. The van der Waals surface area contributed by atoms with Crippen molar-refractivity contribution in [2.75, 3.05) is 25.0 Å². The van der Waals surface area contributed by atoms with E-state index in [2.05, 4.69) is 18.0 Å². The van der Waals surface area contributed by atoms with Crippen LogP contribution in [0.4, 0.5) is 9.93 Å². The lowest BCUT2D eigenvalue weighted by molar-refractivity contribution is 0.0199. The summed E-state index contributed by atoms with van der Waals surface area (Å²) in [6.45, 7) is 7.15. The van der Waals surface area contributed by atoms with Crippen LogP contribution in [-0.2, 0) is 4.74 Å². The van der Waals surface area contributed by atoms with Gasteiger partial charge in [-0.3, -0.25) is 0 Å². The highest BCUT2D eigenvalue weighted by Crippen LogP contribution is 2.30. The van der Waals surface area contributed by atoms with Crippen molar-refractivity contribution in [1.29, 1.82) is 0 Å². The number of carbonyl (C=O) groups excluding carboxylic acids is 1. The van der Waals surface area contributed by atoms with Crippen LogP contribution in [0.25, 0.3) is 10.2 Å². The fourth-order valence-corrected chi connectivity index (χ4v) is 3.93. The third-order valence-electron chi connectivity index (χ3n) is 4.18. The molecule has 3 rings (SSSR count). The summed E-state index contributed by atoms with van der Waals surface area (Å²) in [6, 6.07) is 8.45. The molecular formula is C18H25N3O2S. The molecule has 5 nitrogen and oxygen atoms in total. The summed E-state index contributed by atoms with van der Waals surface area (Å²) in [5.41, 5.74) is 0.576. The number of fused-ring (bicyclic) bond motifs is 1. The molecule has 1 atom stereocenters. The highest BCUT2D eigenvalue weighted by molar-refractivity contribution is 7.22. The van der Waals surface area contributed by atoms with Gasteiger partial charge in [-0.1, -0.05) is 23.5 Å².